The number of amides is 4. The van der Waals surface area contributed by atoms with E-state index >= 15 is 0 Å². The van der Waals surface area contributed by atoms with Gasteiger partial charge in [-0.15, -0.1) is 0 Å². The molecule has 3 rings (SSSR count). The van der Waals surface area contributed by atoms with Gasteiger partial charge in [-0.3, -0.25) is 19.8 Å². The number of ether oxygens (including phenoxy) is 1. The molecule has 170 valence electrons. The van der Waals surface area contributed by atoms with Crippen LogP contribution in [0.4, 0.5) is 9.18 Å². The Balaban J connectivity index is 1.45. The second-order valence-corrected chi connectivity index (χ2v) is 9.77. The van der Waals surface area contributed by atoms with Crippen molar-refractivity contribution in [2.45, 2.75) is 45.1 Å². The number of imide groups is 2. The fourth-order valence-corrected chi connectivity index (χ4v) is 4.51. The molecule has 9 nitrogen and oxygen atoms in total. The zero-order valence-electron chi connectivity index (χ0n) is 17.2. The molecule has 0 aromatic heterocycles. The van der Waals surface area contributed by atoms with Crippen LogP contribution in [0.1, 0.15) is 50.6 Å². The van der Waals surface area contributed by atoms with Gasteiger partial charge >= 0.3 is 6.03 Å². The molecular weight excluding hydrogens is 429 g/mol. The van der Waals surface area contributed by atoms with Gasteiger partial charge in [-0.25, -0.2) is 22.3 Å². The quantitative estimate of drug-likeness (QED) is 0.388. The summed E-state index contributed by atoms with van der Waals surface area (Å²) in [6.45, 7) is 1.80. The Bertz CT molecular complexity index is 964. The van der Waals surface area contributed by atoms with Crippen molar-refractivity contribution >= 4 is 27.9 Å². The van der Waals surface area contributed by atoms with Gasteiger partial charge in [0, 0.05) is 12.5 Å². The molecule has 31 heavy (non-hydrogen) atoms. The van der Waals surface area contributed by atoms with Crippen molar-refractivity contribution in [3.63, 3.8) is 0 Å². The van der Waals surface area contributed by atoms with Gasteiger partial charge in [0.05, 0.1) is 12.4 Å². The molecule has 0 radical (unpaired) electrons. The molecule has 1 atom stereocenters. The minimum Gasteiger partial charge on any atom is -0.490 e. The molecular formula is C20H26FN3O6S. The lowest BCUT2D eigenvalue weighted by Gasteiger charge is -2.16. The number of hydrogen-bond acceptors (Lipinski definition) is 6. The monoisotopic (exact) mass is 455 g/mol. The van der Waals surface area contributed by atoms with Gasteiger partial charge in [-0.2, -0.15) is 0 Å². The predicted molar refractivity (Wildman–Crippen MR) is 109 cm³/mol. The topological polar surface area (TPSA) is 122 Å². The number of carbonyl (C=O) groups excluding carboxylic acids is 3. The average molecular weight is 456 g/mol. The summed E-state index contributed by atoms with van der Waals surface area (Å²) in [6.07, 6.45) is 2.57. The number of benzene rings is 1. The van der Waals surface area contributed by atoms with Gasteiger partial charge in [-0.1, -0.05) is 6.07 Å². The van der Waals surface area contributed by atoms with Crippen molar-refractivity contribution < 1.29 is 31.9 Å². The van der Waals surface area contributed by atoms with E-state index in [1.165, 1.54) is 18.2 Å². The van der Waals surface area contributed by atoms with Gasteiger partial charge in [0.15, 0.2) is 11.6 Å². The molecule has 2 aliphatic rings. The highest BCUT2D eigenvalue weighted by atomic mass is 32.2. The molecule has 1 aliphatic carbocycles. The minimum atomic E-state index is -3.65. The number of nitrogens with zero attached hydrogens (tertiary/aromatic N) is 1. The number of carbonyl (C=O) groups is 3. The van der Waals surface area contributed by atoms with Crippen LogP contribution in [-0.4, -0.2) is 50.1 Å². The molecule has 0 bridgehead atoms. The summed E-state index contributed by atoms with van der Waals surface area (Å²) < 4.78 is 46.7. The molecule has 11 heteroatoms. The van der Waals surface area contributed by atoms with Gasteiger partial charge in [0.1, 0.15) is 6.54 Å². The third-order valence-corrected chi connectivity index (χ3v) is 6.67. The lowest BCUT2D eigenvalue weighted by molar-refractivity contribution is -0.130. The first-order chi connectivity index (χ1) is 14.6. The van der Waals surface area contributed by atoms with Crippen molar-refractivity contribution in [3.05, 3.63) is 29.6 Å². The summed E-state index contributed by atoms with van der Waals surface area (Å²) in [5.41, 5.74) is 0.579. The molecule has 0 spiro atoms. The Morgan fingerprint density at radius 1 is 1.32 bits per heavy atom. The SMILES string of the molecule is C[C@@H](NS(=O)(=O)CCCCC(=O)N1CC(=O)NC1=O)c1ccc(F)c(OCC2CC2)c1. The number of urea groups is 1. The van der Waals surface area contributed by atoms with Crippen molar-refractivity contribution in [1.82, 2.24) is 14.9 Å². The van der Waals surface area contributed by atoms with Gasteiger partial charge in [0.25, 0.3) is 0 Å². The highest BCUT2D eigenvalue weighted by Crippen LogP contribution is 2.31. The average Bonchev–Trinajstić information content (AvgIpc) is 3.46. The number of hydrogen-bond donors (Lipinski definition) is 2. The van der Waals surface area contributed by atoms with Crippen molar-refractivity contribution in [2.24, 2.45) is 5.92 Å². The highest BCUT2D eigenvalue weighted by Gasteiger charge is 2.31. The second-order valence-electron chi connectivity index (χ2n) is 7.89. The van der Waals surface area contributed by atoms with Crippen LogP contribution in [0.2, 0.25) is 0 Å². The van der Waals surface area contributed by atoms with Crippen LogP contribution >= 0.6 is 0 Å². The first kappa shape index (κ1) is 23.1. The fourth-order valence-electron chi connectivity index (χ4n) is 3.13. The van der Waals surface area contributed by atoms with E-state index in [0.29, 0.717) is 18.1 Å². The number of rotatable bonds is 11. The molecule has 2 fully saturated rings. The maximum absolute atomic E-state index is 13.9. The van der Waals surface area contributed by atoms with Crippen LogP contribution in [0.3, 0.4) is 0 Å². The summed E-state index contributed by atoms with van der Waals surface area (Å²) in [7, 11) is -3.65. The highest BCUT2D eigenvalue weighted by molar-refractivity contribution is 7.89. The van der Waals surface area contributed by atoms with E-state index in [2.05, 4.69) is 4.72 Å². The van der Waals surface area contributed by atoms with Crippen molar-refractivity contribution in [3.8, 4) is 5.75 Å². The first-order valence-electron chi connectivity index (χ1n) is 10.2. The van der Waals surface area contributed by atoms with Crippen LogP contribution in [-0.2, 0) is 19.6 Å². The van der Waals surface area contributed by atoms with E-state index in [-0.39, 0.29) is 37.3 Å². The predicted octanol–water partition coefficient (Wildman–Crippen LogP) is 1.84. The van der Waals surface area contributed by atoms with Crippen LogP contribution in [0, 0.1) is 11.7 Å². The van der Waals surface area contributed by atoms with E-state index in [4.69, 9.17) is 4.74 Å². The van der Waals surface area contributed by atoms with Crippen LogP contribution in [0.25, 0.3) is 0 Å². The molecule has 2 N–H and O–H groups in total. The molecule has 1 saturated carbocycles. The maximum Gasteiger partial charge on any atom is 0.331 e. The van der Waals surface area contributed by atoms with Crippen molar-refractivity contribution in [1.29, 1.82) is 0 Å². The third-order valence-electron chi connectivity index (χ3n) is 5.13. The lowest BCUT2D eigenvalue weighted by Crippen LogP contribution is -2.34. The summed E-state index contributed by atoms with van der Waals surface area (Å²) in [5, 5.41) is 2.01. The van der Waals surface area contributed by atoms with E-state index in [1.807, 2.05) is 5.32 Å². The van der Waals surface area contributed by atoms with Gasteiger partial charge in [-0.05, 0) is 56.2 Å². The Morgan fingerprint density at radius 3 is 2.71 bits per heavy atom. The number of unbranched alkanes of at least 4 members (excludes halogenated alkanes) is 1. The number of sulfonamides is 1. The summed E-state index contributed by atoms with van der Waals surface area (Å²) in [6, 6.07) is 2.93. The van der Waals surface area contributed by atoms with E-state index in [1.54, 1.807) is 6.92 Å². The minimum absolute atomic E-state index is 0.0363. The zero-order valence-corrected chi connectivity index (χ0v) is 18.0. The smallest absolute Gasteiger partial charge is 0.331 e. The molecule has 1 aromatic carbocycles. The largest absolute Gasteiger partial charge is 0.490 e. The lowest BCUT2D eigenvalue weighted by atomic mass is 10.1. The molecule has 1 saturated heterocycles. The Morgan fingerprint density at radius 2 is 2.06 bits per heavy atom. The Hall–Kier alpha value is -2.53. The van der Waals surface area contributed by atoms with E-state index in [9.17, 15) is 27.2 Å². The molecule has 1 aromatic rings. The molecule has 1 heterocycles. The summed E-state index contributed by atoms with van der Waals surface area (Å²) in [5.74, 6) is -1.18. The zero-order chi connectivity index (χ0) is 22.6. The van der Waals surface area contributed by atoms with E-state index in [0.717, 1.165) is 17.7 Å². The van der Waals surface area contributed by atoms with Crippen molar-refractivity contribution in [2.75, 3.05) is 18.9 Å². The summed E-state index contributed by atoms with van der Waals surface area (Å²) in [4.78, 5) is 35.3. The fraction of sp³-hybridized carbons (Fsp3) is 0.550. The third kappa shape index (κ3) is 6.73. The van der Waals surface area contributed by atoms with Crippen LogP contribution < -0.4 is 14.8 Å². The number of halogens is 1. The molecule has 4 amide bonds. The standard InChI is InChI=1S/C20H26FN3O6S/c1-13(15-7-8-16(21)17(10-15)30-12-14-5-6-14)23-31(28,29)9-3-2-4-19(26)24-11-18(25)22-20(24)27/h7-8,10,13-14,23H,2-6,9,11-12H2,1H3,(H,22,25,27)/t13-/m1/s1. The van der Waals surface area contributed by atoms with Crippen LogP contribution in [0.15, 0.2) is 18.2 Å². The molecule has 1 aliphatic heterocycles. The Labute approximate surface area is 180 Å². The number of nitrogens with one attached hydrogen (secondary N) is 2. The maximum atomic E-state index is 13.9. The molecule has 0 unspecified atom stereocenters. The summed E-state index contributed by atoms with van der Waals surface area (Å²) >= 11 is 0. The van der Waals surface area contributed by atoms with Gasteiger partial charge in [0.2, 0.25) is 21.8 Å². The second kappa shape index (κ2) is 9.73. The van der Waals surface area contributed by atoms with Crippen LogP contribution in [0.5, 0.6) is 5.75 Å². The Kier molecular flexibility index (Phi) is 7.26. The van der Waals surface area contributed by atoms with Gasteiger partial charge < -0.3 is 4.74 Å². The van der Waals surface area contributed by atoms with E-state index < -0.39 is 39.7 Å². The normalized spacial score (nSPS) is 17.5. The first-order valence-corrected chi connectivity index (χ1v) is 11.9.